The molecule has 6 nitrogen and oxygen atoms in total. The first-order chi connectivity index (χ1) is 15.1. The van der Waals surface area contributed by atoms with Crippen molar-refractivity contribution in [2.75, 3.05) is 26.7 Å². The molecule has 2 aliphatic rings. The number of fused-ring (bicyclic) bond motifs is 2. The zero-order valence-electron chi connectivity index (χ0n) is 18.4. The monoisotopic (exact) mass is 480 g/mol. The van der Waals surface area contributed by atoms with Crippen LogP contribution < -0.4 is 5.69 Å². The summed E-state index contributed by atoms with van der Waals surface area (Å²) in [5, 5.41) is 5.73. The molecule has 0 aliphatic carbocycles. The lowest BCUT2D eigenvalue weighted by molar-refractivity contribution is 0.182. The SMILES string of the molecule is COCc1sc2cc(F)ccc2c1C1CCN(CCn2nc3n(c2=O)CCCC3)CC1.Cl. The topological polar surface area (TPSA) is 52.3 Å². The number of nitrogens with zero attached hydrogens (tertiary/aromatic N) is 4. The zero-order chi connectivity index (χ0) is 21.4. The Morgan fingerprint density at radius 2 is 2.00 bits per heavy atom. The van der Waals surface area contributed by atoms with E-state index in [0.29, 0.717) is 19.1 Å². The minimum atomic E-state index is -0.185. The summed E-state index contributed by atoms with van der Waals surface area (Å²) >= 11 is 1.65. The van der Waals surface area contributed by atoms with Gasteiger partial charge in [0.25, 0.3) is 0 Å². The van der Waals surface area contributed by atoms with Crippen molar-refractivity contribution >= 4 is 33.8 Å². The molecular weight excluding hydrogens is 451 g/mol. The number of thiophene rings is 1. The molecule has 174 valence electrons. The van der Waals surface area contributed by atoms with Crippen molar-refractivity contribution in [3.63, 3.8) is 0 Å². The Bertz CT molecular complexity index is 1130. The number of benzene rings is 1. The number of aryl methyl sites for hydroxylation is 1. The summed E-state index contributed by atoms with van der Waals surface area (Å²) in [5.41, 5.74) is 1.39. The smallest absolute Gasteiger partial charge is 0.345 e. The molecular formula is C23H30ClFN4O2S. The fourth-order valence-electron chi connectivity index (χ4n) is 5.10. The molecule has 9 heteroatoms. The molecule has 0 bridgehead atoms. The van der Waals surface area contributed by atoms with Crippen LogP contribution in [0.3, 0.4) is 0 Å². The van der Waals surface area contributed by atoms with Crippen molar-refractivity contribution in [1.29, 1.82) is 0 Å². The van der Waals surface area contributed by atoms with Crippen LogP contribution in [-0.4, -0.2) is 46.0 Å². The van der Waals surface area contributed by atoms with Crippen molar-refractivity contribution in [2.24, 2.45) is 0 Å². The molecule has 1 fully saturated rings. The van der Waals surface area contributed by atoms with E-state index in [-0.39, 0.29) is 23.9 Å². The largest absolute Gasteiger partial charge is 0.379 e. The van der Waals surface area contributed by atoms with Crippen molar-refractivity contribution in [1.82, 2.24) is 19.2 Å². The molecule has 0 N–H and O–H groups in total. The number of likely N-dealkylation sites (tertiary alicyclic amines) is 1. The molecule has 0 amide bonds. The summed E-state index contributed by atoms with van der Waals surface area (Å²) < 4.78 is 23.7. The van der Waals surface area contributed by atoms with Crippen LogP contribution in [0.15, 0.2) is 23.0 Å². The van der Waals surface area contributed by atoms with E-state index in [9.17, 15) is 9.18 Å². The Hall–Kier alpha value is -1.74. The number of rotatable bonds is 6. The second-order valence-corrected chi connectivity index (χ2v) is 9.80. The van der Waals surface area contributed by atoms with Gasteiger partial charge in [0, 0.05) is 36.2 Å². The first-order valence-corrected chi connectivity index (χ1v) is 12.0. The van der Waals surface area contributed by atoms with Gasteiger partial charge in [-0.3, -0.25) is 4.57 Å². The Labute approximate surface area is 197 Å². The third kappa shape index (κ3) is 4.51. The van der Waals surface area contributed by atoms with Gasteiger partial charge < -0.3 is 9.64 Å². The highest BCUT2D eigenvalue weighted by Gasteiger charge is 2.26. The molecule has 0 saturated carbocycles. The average molecular weight is 481 g/mol. The molecule has 0 radical (unpaired) electrons. The number of hydrogen-bond acceptors (Lipinski definition) is 5. The van der Waals surface area contributed by atoms with Gasteiger partial charge in [0.15, 0.2) is 0 Å². The second kappa shape index (κ2) is 10.0. The Kier molecular flexibility index (Phi) is 7.34. The maximum absolute atomic E-state index is 13.7. The summed E-state index contributed by atoms with van der Waals surface area (Å²) in [4.78, 5) is 16.2. The van der Waals surface area contributed by atoms with E-state index < -0.39 is 0 Å². The summed E-state index contributed by atoms with van der Waals surface area (Å²) in [6.07, 6.45) is 5.24. The van der Waals surface area contributed by atoms with Gasteiger partial charge in [-0.15, -0.1) is 23.7 Å². The van der Waals surface area contributed by atoms with Crippen LogP contribution in [0.4, 0.5) is 4.39 Å². The van der Waals surface area contributed by atoms with E-state index in [1.54, 1.807) is 35.3 Å². The van der Waals surface area contributed by atoms with Gasteiger partial charge in [0.1, 0.15) is 11.6 Å². The van der Waals surface area contributed by atoms with Crippen LogP contribution in [0.2, 0.25) is 0 Å². The predicted molar refractivity (Wildman–Crippen MR) is 128 cm³/mol. The molecule has 0 unspecified atom stereocenters. The maximum Gasteiger partial charge on any atom is 0.345 e. The molecule has 0 atom stereocenters. The summed E-state index contributed by atoms with van der Waals surface area (Å²) in [6.45, 7) is 4.88. The summed E-state index contributed by atoms with van der Waals surface area (Å²) in [6, 6.07) is 5.13. The Morgan fingerprint density at radius 1 is 1.19 bits per heavy atom. The van der Waals surface area contributed by atoms with E-state index in [1.165, 1.54) is 15.8 Å². The number of ether oxygens (including phenoxy) is 1. The van der Waals surface area contributed by atoms with Crippen LogP contribution in [0.5, 0.6) is 0 Å². The van der Waals surface area contributed by atoms with Crippen LogP contribution in [0, 0.1) is 5.82 Å². The van der Waals surface area contributed by atoms with Gasteiger partial charge >= 0.3 is 5.69 Å². The molecule has 2 aliphatic heterocycles. The van der Waals surface area contributed by atoms with Crippen molar-refractivity contribution in [3.05, 3.63) is 50.8 Å². The molecule has 4 heterocycles. The quantitative estimate of drug-likeness (QED) is 0.531. The van der Waals surface area contributed by atoms with Crippen LogP contribution in [0.1, 0.15) is 47.9 Å². The standard InChI is InChI=1S/C23H29FN4O2S.ClH/c1-30-15-20-22(18-6-5-17(24)14-19(18)31-20)16-7-10-26(11-8-16)12-13-28-23(29)27-9-3-2-4-21(27)25-28;/h5-6,14,16H,2-4,7-13,15H2,1H3;1H. The van der Waals surface area contributed by atoms with Crippen molar-refractivity contribution in [3.8, 4) is 0 Å². The summed E-state index contributed by atoms with van der Waals surface area (Å²) in [7, 11) is 1.72. The minimum absolute atomic E-state index is 0. The number of methoxy groups -OCH3 is 1. The highest BCUT2D eigenvalue weighted by molar-refractivity contribution is 7.19. The fourth-order valence-corrected chi connectivity index (χ4v) is 6.39. The molecule has 0 spiro atoms. The third-order valence-corrected chi connectivity index (χ3v) is 7.84. The van der Waals surface area contributed by atoms with Gasteiger partial charge in [-0.25, -0.2) is 13.9 Å². The number of halogens is 2. The van der Waals surface area contributed by atoms with Crippen LogP contribution in [0.25, 0.3) is 10.1 Å². The highest BCUT2D eigenvalue weighted by Crippen LogP contribution is 2.41. The molecule has 3 aromatic rings. The third-order valence-electron chi connectivity index (χ3n) is 6.70. The number of piperidine rings is 1. The van der Waals surface area contributed by atoms with E-state index in [4.69, 9.17) is 4.74 Å². The number of hydrogen-bond donors (Lipinski definition) is 0. The lowest BCUT2D eigenvalue weighted by Crippen LogP contribution is -2.37. The second-order valence-electron chi connectivity index (χ2n) is 8.66. The van der Waals surface area contributed by atoms with E-state index in [1.807, 2.05) is 10.6 Å². The molecule has 1 aromatic carbocycles. The van der Waals surface area contributed by atoms with Crippen molar-refractivity contribution < 1.29 is 9.13 Å². The zero-order valence-corrected chi connectivity index (χ0v) is 20.0. The first-order valence-electron chi connectivity index (χ1n) is 11.2. The van der Waals surface area contributed by atoms with Gasteiger partial charge in [0.2, 0.25) is 0 Å². The van der Waals surface area contributed by atoms with Crippen LogP contribution >= 0.6 is 23.7 Å². The summed E-state index contributed by atoms with van der Waals surface area (Å²) in [5.74, 6) is 1.22. The van der Waals surface area contributed by atoms with Gasteiger partial charge in [-0.1, -0.05) is 6.07 Å². The fraction of sp³-hybridized carbons (Fsp3) is 0.565. The average Bonchev–Trinajstić information content (AvgIpc) is 3.30. The lowest BCUT2D eigenvalue weighted by atomic mass is 9.87. The van der Waals surface area contributed by atoms with Gasteiger partial charge in [0.05, 0.1) is 13.2 Å². The highest BCUT2D eigenvalue weighted by atomic mass is 35.5. The molecule has 1 saturated heterocycles. The Morgan fingerprint density at radius 3 is 2.75 bits per heavy atom. The van der Waals surface area contributed by atoms with Crippen molar-refractivity contribution in [2.45, 2.75) is 57.7 Å². The minimum Gasteiger partial charge on any atom is -0.379 e. The first kappa shape index (κ1) is 23.4. The van der Waals surface area contributed by atoms with E-state index >= 15 is 0 Å². The van der Waals surface area contributed by atoms with Crippen LogP contribution in [-0.2, 0) is 30.9 Å². The maximum atomic E-state index is 13.7. The van der Waals surface area contributed by atoms with Gasteiger partial charge in [-0.05, 0) is 67.8 Å². The lowest BCUT2D eigenvalue weighted by Gasteiger charge is -2.32. The Balaban J connectivity index is 0.00000245. The molecule has 2 aromatic heterocycles. The number of aromatic nitrogens is 3. The normalized spacial score (nSPS) is 17.4. The predicted octanol–water partition coefficient (Wildman–Crippen LogP) is 4.18. The molecule has 5 rings (SSSR count). The molecule has 32 heavy (non-hydrogen) atoms. The van der Waals surface area contributed by atoms with Gasteiger partial charge in [-0.2, -0.15) is 5.10 Å². The van der Waals surface area contributed by atoms with E-state index in [0.717, 1.165) is 68.8 Å². The van der Waals surface area contributed by atoms with E-state index in [2.05, 4.69) is 10.00 Å².